The van der Waals surface area contributed by atoms with E-state index in [9.17, 15) is 29.1 Å². The van der Waals surface area contributed by atoms with Gasteiger partial charge in [0.25, 0.3) is 5.91 Å². The molecule has 2 unspecified atom stereocenters. The molecule has 276 valence electrons. The van der Waals surface area contributed by atoms with Crippen LogP contribution in [0.4, 0.5) is 21.0 Å². The van der Waals surface area contributed by atoms with Crippen LogP contribution in [0.5, 0.6) is 11.5 Å². The molecule has 1 saturated heterocycles. The number of para-hydroxylation sites is 1. The third-order valence-electron chi connectivity index (χ3n) is 9.66. The van der Waals surface area contributed by atoms with Crippen LogP contribution in [0, 0.1) is 5.92 Å². The van der Waals surface area contributed by atoms with E-state index in [0.717, 1.165) is 29.7 Å². The van der Waals surface area contributed by atoms with E-state index in [4.69, 9.17) is 9.47 Å². The van der Waals surface area contributed by atoms with Crippen LogP contribution in [0.2, 0.25) is 0 Å². The number of carbonyl (C=O) groups is 5. The van der Waals surface area contributed by atoms with E-state index in [0.29, 0.717) is 41.3 Å². The minimum Gasteiger partial charge on any atom is -0.497 e. The van der Waals surface area contributed by atoms with E-state index in [1.165, 1.54) is 14.2 Å². The number of nitrogens with zero attached hydrogens (tertiary/aromatic N) is 2. The predicted molar refractivity (Wildman–Crippen MR) is 195 cm³/mol. The molecule has 1 aliphatic heterocycles. The topological polar surface area (TPSA) is 167 Å². The molecule has 52 heavy (non-hydrogen) atoms. The van der Waals surface area contributed by atoms with Gasteiger partial charge in [-0.05, 0) is 67.1 Å². The van der Waals surface area contributed by atoms with Crippen LogP contribution in [0.3, 0.4) is 0 Å². The molecule has 13 heteroatoms. The number of rotatable bonds is 14. The number of benzene rings is 3. The number of hydrogen-bond acceptors (Lipinski definition) is 7. The number of aliphatic carboxylic acids is 1. The number of imide groups is 1. The van der Waals surface area contributed by atoms with Crippen molar-refractivity contribution in [1.29, 1.82) is 0 Å². The second-order valence-electron chi connectivity index (χ2n) is 13.7. The van der Waals surface area contributed by atoms with Gasteiger partial charge in [-0.15, -0.1) is 0 Å². The summed E-state index contributed by atoms with van der Waals surface area (Å²) in [6.07, 6.45) is 3.09. The average Bonchev–Trinajstić information content (AvgIpc) is 3.31. The van der Waals surface area contributed by atoms with Crippen molar-refractivity contribution in [2.24, 2.45) is 5.92 Å². The highest BCUT2D eigenvalue weighted by Crippen LogP contribution is 2.43. The lowest BCUT2D eigenvalue weighted by Gasteiger charge is -2.38. The highest BCUT2D eigenvalue weighted by atomic mass is 16.5. The van der Waals surface area contributed by atoms with E-state index in [1.54, 1.807) is 59.5 Å². The molecule has 5 rings (SSSR count). The lowest BCUT2D eigenvalue weighted by molar-refractivity contribution is -0.142. The first kappa shape index (κ1) is 37.7. The fourth-order valence-corrected chi connectivity index (χ4v) is 7.11. The third kappa shape index (κ3) is 8.47. The van der Waals surface area contributed by atoms with Gasteiger partial charge in [0.15, 0.2) is 0 Å². The van der Waals surface area contributed by atoms with Gasteiger partial charge in [-0.1, -0.05) is 63.4 Å². The van der Waals surface area contributed by atoms with Crippen molar-refractivity contribution < 1.29 is 38.6 Å². The Bertz CT molecular complexity index is 1760. The zero-order valence-electron chi connectivity index (χ0n) is 30.0. The highest BCUT2D eigenvalue weighted by molar-refractivity contribution is 6.10. The van der Waals surface area contributed by atoms with Crippen LogP contribution >= 0.6 is 0 Å². The van der Waals surface area contributed by atoms with Gasteiger partial charge in [0, 0.05) is 29.5 Å². The molecule has 0 bridgehead atoms. The Labute approximate surface area is 303 Å². The summed E-state index contributed by atoms with van der Waals surface area (Å²) in [5, 5.41) is 18.2. The fraction of sp³-hybridized carbons (Fsp3) is 0.410. The van der Waals surface area contributed by atoms with Crippen LogP contribution in [-0.4, -0.2) is 70.6 Å². The molecule has 1 saturated carbocycles. The first-order valence-corrected chi connectivity index (χ1v) is 17.6. The van der Waals surface area contributed by atoms with E-state index in [-0.39, 0.29) is 18.9 Å². The first-order chi connectivity index (χ1) is 24.9. The summed E-state index contributed by atoms with van der Waals surface area (Å²) in [5.41, 5.74) is 1.26. The normalized spacial score (nSPS) is 16.4. The van der Waals surface area contributed by atoms with Crippen LogP contribution < -0.4 is 25.4 Å². The zero-order chi connectivity index (χ0) is 37.4. The number of methoxy groups -OCH3 is 2. The molecule has 2 atom stereocenters. The van der Waals surface area contributed by atoms with Gasteiger partial charge >= 0.3 is 18.0 Å². The van der Waals surface area contributed by atoms with Crippen molar-refractivity contribution in [3.63, 3.8) is 0 Å². The Morgan fingerprint density at radius 2 is 1.52 bits per heavy atom. The number of nitrogens with one attached hydrogen (secondary N) is 3. The maximum Gasteiger partial charge on any atom is 0.328 e. The molecular weight excluding hydrogens is 666 g/mol. The second kappa shape index (κ2) is 16.6. The summed E-state index contributed by atoms with van der Waals surface area (Å²) in [7, 11) is 2.93. The third-order valence-corrected chi connectivity index (χ3v) is 9.66. The molecular formula is C39H47N5O8. The van der Waals surface area contributed by atoms with Gasteiger partial charge in [0.2, 0.25) is 5.91 Å². The van der Waals surface area contributed by atoms with Gasteiger partial charge in [-0.2, -0.15) is 0 Å². The molecule has 3 aromatic rings. The van der Waals surface area contributed by atoms with Gasteiger partial charge in [0.1, 0.15) is 23.1 Å². The van der Waals surface area contributed by atoms with Crippen molar-refractivity contribution in [1.82, 2.24) is 15.1 Å². The maximum atomic E-state index is 14.6. The van der Waals surface area contributed by atoms with Crippen molar-refractivity contribution in [3.05, 3.63) is 83.9 Å². The summed E-state index contributed by atoms with van der Waals surface area (Å²) in [6.45, 7) is 3.92. The number of carboxylic acid groups (broad SMARTS) is 1. The number of carbonyl (C=O) groups excluding carboxylic acids is 4. The Morgan fingerprint density at radius 1 is 0.865 bits per heavy atom. The fourth-order valence-electron chi connectivity index (χ4n) is 7.11. The van der Waals surface area contributed by atoms with Crippen molar-refractivity contribution in [2.75, 3.05) is 24.9 Å². The first-order valence-electron chi connectivity index (χ1n) is 17.6. The molecule has 3 aromatic carbocycles. The number of ether oxygens (including phenoxy) is 2. The number of anilines is 2. The van der Waals surface area contributed by atoms with Crippen LogP contribution in [0.25, 0.3) is 0 Å². The molecule has 1 aliphatic carbocycles. The van der Waals surface area contributed by atoms with E-state index in [2.05, 4.69) is 16.0 Å². The van der Waals surface area contributed by atoms with E-state index < -0.39 is 53.9 Å². The summed E-state index contributed by atoms with van der Waals surface area (Å²) in [6, 6.07) is 17.8. The van der Waals surface area contributed by atoms with Crippen molar-refractivity contribution >= 4 is 41.2 Å². The summed E-state index contributed by atoms with van der Waals surface area (Å²) in [4.78, 5) is 70.5. The average molecular weight is 714 g/mol. The predicted octanol–water partition coefficient (Wildman–Crippen LogP) is 6.56. The molecule has 2 fully saturated rings. The Hall–Kier alpha value is -5.59. The van der Waals surface area contributed by atoms with Gasteiger partial charge < -0.3 is 35.4 Å². The number of amides is 6. The maximum absolute atomic E-state index is 14.6. The van der Waals surface area contributed by atoms with Gasteiger partial charge in [0.05, 0.1) is 26.7 Å². The largest absolute Gasteiger partial charge is 0.497 e. The summed E-state index contributed by atoms with van der Waals surface area (Å²) in [5.74, 6) is -1.46. The standard InChI is InChI=1S/C39H47N5O8/c1-25(2)21-32(35(47)42-31(23-34(45)46)30-18-17-29(51-3)22-33(30)52-4)44-36(48)39(19-9-6-10-20-39)43(38(44)50)24-26-13-15-28(16-14-26)41-37(49)40-27-11-7-5-8-12-27/h5,7-8,11-18,22,25,31-32H,6,9-10,19-21,23-24H2,1-4H3,(H,42,47)(H,45,46)(H2,40,41,49). The Kier molecular flexibility index (Phi) is 12.0. The molecule has 0 radical (unpaired) electrons. The van der Waals surface area contributed by atoms with Crippen molar-refractivity contribution in [3.8, 4) is 11.5 Å². The van der Waals surface area contributed by atoms with Crippen molar-refractivity contribution in [2.45, 2.75) is 83.0 Å². The van der Waals surface area contributed by atoms with Crippen LogP contribution in [-0.2, 0) is 20.9 Å². The smallest absolute Gasteiger partial charge is 0.328 e. The SMILES string of the molecule is COc1ccc(C(CC(=O)O)NC(=O)C(CC(C)C)N2C(=O)N(Cc3ccc(NC(=O)Nc4ccccc4)cc3)C3(CCCCC3)C2=O)c(OC)c1. The highest BCUT2D eigenvalue weighted by Gasteiger charge is 2.59. The van der Waals surface area contributed by atoms with Crippen LogP contribution in [0.15, 0.2) is 72.8 Å². The molecule has 1 spiro atoms. The molecule has 13 nitrogen and oxygen atoms in total. The Morgan fingerprint density at radius 3 is 2.12 bits per heavy atom. The molecule has 0 aromatic heterocycles. The van der Waals surface area contributed by atoms with E-state index >= 15 is 0 Å². The number of carboxylic acids is 1. The molecule has 4 N–H and O–H groups in total. The molecule has 2 aliphatic rings. The summed E-state index contributed by atoms with van der Waals surface area (Å²) >= 11 is 0. The Balaban J connectivity index is 1.40. The number of hydrogen-bond donors (Lipinski definition) is 4. The van der Waals surface area contributed by atoms with Gasteiger partial charge in [-0.25, -0.2) is 14.5 Å². The van der Waals surface area contributed by atoms with Crippen LogP contribution in [0.1, 0.15) is 76.0 Å². The number of urea groups is 2. The molecule has 6 amide bonds. The van der Waals surface area contributed by atoms with E-state index in [1.807, 2.05) is 32.0 Å². The lowest BCUT2D eigenvalue weighted by atomic mass is 9.80. The second-order valence-corrected chi connectivity index (χ2v) is 13.7. The quantitative estimate of drug-likeness (QED) is 0.136. The van der Waals surface area contributed by atoms with Gasteiger partial charge in [-0.3, -0.25) is 14.4 Å². The minimum atomic E-state index is -1.18. The molecule has 1 heterocycles. The summed E-state index contributed by atoms with van der Waals surface area (Å²) < 4.78 is 10.8. The monoisotopic (exact) mass is 713 g/mol. The minimum absolute atomic E-state index is 0.0831. The zero-order valence-corrected chi connectivity index (χ0v) is 30.0. The lowest BCUT2D eigenvalue weighted by Crippen LogP contribution is -2.53.